The molecule has 14 heavy (non-hydrogen) atoms. The SMILES string of the molecule is CS[C@@]1([C@@](C)(O)C(C)=O)CCC[S@@]1=O. The molecule has 1 aliphatic heterocycles. The minimum atomic E-state index is -1.48. The molecule has 0 amide bonds. The van der Waals surface area contributed by atoms with Gasteiger partial charge in [0.25, 0.3) is 0 Å². The van der Waals surface area contributed by atoms with Crippen molar-refractivity contribution in [3.05, 3.63) is 0 Å². The van der Waals surface area contributed by atoms with Gasteiger partial charge in [-0.2, -0.15) is 0 Å². The third-order valence-electron chi connectivity index (χ3n) is 2.96. The molecule has 0 unspecified atom stereocenters. The van der Waals surface area contributed by atoms with E-state index in [1.807, 2.05) is 0 Å². The maximum Gasteiger partial charge on any atom is 0.163 e. The lowest BCUT2D eigenvalue weighted by molar-refractivity contribution is -0.134. The monoisotopic (exact) mass is 236 g/mol. The van der Waals surface area contributed by atoms with Gasteiger partial charge < -0.3 is 5.11 Å². The highest BCUT2D eigenvalue weighted by Gasteiger charge is 2.56. The van der Waals surface area contributed by atoms with Crippen molar-refractivity contribution in [1.82, 2.24) is 0 Å². The minimum Gasteiger partial charge on any atom is -0.380 e. The third kappa shape index (κ3) is 1.55. The molecular formula is C9H16O3S2. The molecule has 1 rings (SSSR count). The Morgan fingerprint density at radius 2 is 2.21 bits per heavy atom. The summed E-state index contributed by atoms with van der Waals surface area (Å²) in [6.07, 6.45) is 3.27. The second-order valence-corrected chi connectivity index (χ2v) is 6.90. The maximum atomic E-state index is 11.9. The van der Waals surface area contributed by atoms with E-state index in [-0.39, 0.29) is 5.78 Å². The van der Waals surface area contributed by atoms with E-state index >= 15 is 0 Å². The van der Waals surface area contributed by atoms with Crippen LogP contribution in [0.4, 0.5) is 0 Å². The molecular weight excluding hydrogens is 220 g/mol. The van der Waals surface area contributed by atoms with Crippen molar-refractivity contribution in [2.24, 2.45) is 0 Å². The molecule has 1 N–H and O–H groups in total. The molecule has 1 heterocycles. The molecule has 0 aromatic heterocycles. The highest BCUT2D eigenvalue weighted by atomic mass is 32.2. The number of aliphatic hydroxyl groups is 1. The van der Waals surface area contributed by atoms with Gasteiger partial charge in [0, 0.05) is 16.6 Å². The largest absolute Gasteiger partial charge is 0.380 e. The van der Waals surface area contributed by atoms with Gasteiger partial charge >= 0.3 is 0 Å². The Labute approximate surface area is 91.1 Å². The molecule has 0 aromatic rings. The molecule has 0 aromatic carbocycles. The Hall–Kier alpha value is 0.130. The standard InChI is InChI=1S/C9H16O3S2/c1-7(10)8(2,11)9(13-3)5-4-6-14(9)12/h11H,4-6H2,1-3H3/t8-,9-,14-/m0/s1. The van der Waals surface area contributed by atoms with Crippen molar-refractivity contribution in [2.75, 3.05) is 12.0 Å². The number of carbonyl (C=O) groups excluding carboxylic acids is 1. The van der Waals surface area contributed by atoms with Gasteiger partial charge in [0.2, 0.25) is 0 Å². The Morgan fingerprint density at radius 1 is 1.64 bits per heavy atom. The van der Waals surface area contributed by atoms with Crippen LogP contribution in [0, 0.1) is 0 Å². The van der Waals surface area contributed by atoms with Gasteiger partial charge in [-0.15, -0.1) is 11.8 Å². The normalized spacial score (nSPS) is 36.7. The van der Waals surface area contributed by atoms with Gasteiger partial charge in [-0.25, -0.2) is 0 Å². The Balaban J connectivity index is 3.12. The molecule has 0 spiro atoms. The molecule has 3 atom stereocenters. The summed E-state index contributed by atoms with van der Waals surface area (Å²) in [5, 5.41) is 10.1. The van der Waals surface area contributed by atoms with Crippen LogP contribution in [0.1, 0.15) is 26.7 Å². The Kier molecular flexibility index (Phi) is 3.44. The first kappa shape index (κ1) is 12.2. The van der Waals surface area contributed by atoms with Gasteiger partial charge in [0.05, 0.1) is 0 Å². The van der Waals surface area contributed by atoms with E-state index in [0.717, 1.165) is 6.42 Å². The van der Waals surface area contributed by atoms with Gasteiger partial charge in [0.15, 0.2) is 5.78 Å². The average molecular weight is 236 g/mol. The van der Waals surface area contributed by atoms with Crippen LogP contribution in [0.15, 0.2) is 0 Å². The zero-order chi connectivity index (χ0) is 11.0. The second kappa shape index (κ2) is 3.94. The van der Waals surface area contributed by atoms with Crippen LogP contribution in [-0.2, 0) is 15.6 Å². The summed E-state index contributed by atoms with van der Waals surface area (Å²) in [5.74, 6) is 0.284. The molecule has 0 aliphatic carbocycles. The summed E-state index contributed by atoms with van der Waals surface area (Å²) in [6, 6.07) is 0. The Morgan fingerprint density at radius 3 is 2.50 bits per heavy atom. The summed E-state index contributed by atoms with van der Waals surface area (Å²) in [6.45, 7) is 2.84. The van der Waals surface area contributed by atoms with Gasteiger partial charge in [-0.05, 0) is 32.9 Å². The van der Waals surface area contributed by atoms with Crippen LogP contribution in [0.25, 0.3) is 0 Å². The van der Waals surface area contributed by atoms with Crippen molar-refractivity contribution in [2.45, 2.75) is 36.4 Å². The van der Waals surface area contributed by atoms with Gasteiger partial charge in [-0.3, -0.25) is 9.00 Å². The fraction of sp³-hybridized carbons (Fsp3) is 0.889. The first-order valence-electron chi connectivity index (χ1n) is 4.55. The fourth-order valence-corrected chi connectivity index (χ4v) is 5.42. The number of hydrogen-bond donors (Lipinski definition) is 1. The molecule has 5 heteroatoms. The molecule has 0 saturated carbocycles. The summed E-state index contributed by atoms with van der Waals surface area (Å²) in [4.78, 5) is 11.4. The van der Waals surface area contributed by atoms with E-state index in [1.165, 1.54) is 25.6 Å². The summed E-state index contributed by atoms with van der Waals surface area (Å²) in [7, 11) is -1.12. The second-order valence-electron chi connectivity index (χ2n) is 3.74. The third-order valence-corrected chi connectivity index (χ3v) is 7.28. The predicted octanol–water partition coefficient (Wildman–Crippen LogP) is 0.928. The Bertz CT molecular complexity index is 275. The minimum absolute atomic E-state index is 0.304. The first-order valence-corrected chi connectivity index (χ1v) is 7.10. The van der Waals surface area contributed by atoms with Crippen molar-refractivity contribution in [1.29, 1.82) is 0 Å². The molecule has 0 radical (unpaired) electrons. The van der Waals surface area contributed by atoms with Crippen LogP contribution >= 0.6 is 11.8 Å². The van der Waals surface area contributed by atoms with Crippen LogP contribution in [0.3, 0.4) is 0 Å². The number of hydrogen-bond acceptors (Lipinski definition) is 4. The topological polar surface area (TPSA) is 54.4 Å². The van der Waals surface area contributed by atoms with Crippen LogP contribution in [0.2, 0.25) is 0 Å². The summed E-state index contributed by atoms with van der Waals surface area (Å²) in [5.41, 5.74) is -1.48. The van der Waals surface area contributed by atoms with Crippen LogP contribution < -0.4 is 0 Å². The quantitative estimate of drug-likeness (QED) is 0.792. The maximum absolute atomic E-state index is 11.9. The van der Waals surface area contributed by atoms with Gasteiger partial charge in [0.1, 0.15) is 9.68 Å². The highest BCUT2D eigenvalue weighted by molar-refractivity contribution is 8.12. The van der Waals surface area contributed by atoms with Crippen molar-refractivity contribution in [3.63, 3.8) is 0 Å². The lowest BCUT2D eigenvalue weighted by atomic mass is 9.94. The van der Waals surface area contributed by atoms with E-state index < -0.39 is 20.5 Å². The van der Waals surface area contributed by atoms with E-state index in [4.69, 9.17) is 0 Å². The van der Waals surface area contributed by atoms with Crippen LogP contribution in [0.5, 0.6) is 0 Å². The van der Waals surface area contributed by atoms with Gasteiger partial charge in [-0.1, -0.05) is 0 Å². The zero-order valence-corrected chi connectivity index (χ0v) is 10.3. The number of thioether (sulfide) groups is 1. The number of rotatable bonds is 3. The lowest BCUT2D eigenvalue weighted by Crippen LogP contribution is -2.55. The molecule has 1 fully saturated rings. The van der Waals surface area contributed by atoms with E-state index in [9.17, 15) is 14.1 Å². The van der Waals surface area contributed by atoms with Crippen molar-refractivity contribution >= 4 is 28.3 Å². The smallest absolute Gasteiger partial charge is 0.163 e. The van der Waals surface area contributed by atoms with Crippen LogP contribution in [-0.4, -0.2) is 36.8 Å². The zero-order valence-electron chi connectivity index (χ0n) is 8.70. The lowest BCUT2D eigenvalue weighted by Gasteiger charge is -2.38. The van der Waals surface area contributed by atoms with Crippen molar-refractivity contribution in [3.8, 4) is 0 Å². The number of carbonyl (C=O) groups is 1. The average Bonchev–Trinajstić information content (AvgIpc) is 2.47. The molecule has 82 valence electrons. The summed E-state index contributed by atoms with van der Waals surface area (Å²) < 4.78 is 11.1. The van der Waals surface area contributed by atoms with E-state index in [0.29, 0.717) is 12.2 Å². The summed E-state index contributed by atoms with van der Waals surface area (Å²) >= 11 is 1.35. The molecule has 3 nitrogen and oxygen atoms in total. The number of Topliss-reactive ketones (excluding diaryl/α,β-unsaturated/α-hetero) is 1. The molecule has 1 aliphatic rings. The first-order chi connectivity index (χ1) is 6.38. The van der Waals surface area contributed by atoms with Crippen molar-refractivity contribution < 1.29 is 14.1 Å². The molecule has 0 bridgehead atoms. The fourth-order valence-electron chi connectivity index (χ4n) is 1.84. The van der Waals surface area contributed by atoms with E-state index in [2.05, 4.69) is 0 Å². The van der Waals surface area contributed by atoms with E-state index in [1.54, 1.807) is 6.26 Å². The molecule has 1 saturated heterocycles. The number of ketones is 1. The predicted molar refractivity (Wildman–Crippen MR) is 59.8 cm³/mol. The highest BCUT2D eigenvalue weighted by Crippen LogP contribution is 2.46.